The second-order valence-corrected chi connectivity index (χ2v) is 7.71. The number of methoxy groups -OCH3 is 1. The molecule has 1 aliphatic heterocycles. The normalized spacial score (nSPS) is 20.0. The lowest BCUT2D eigenvalue weighted by molar-refractivity contribution is -0.141. The van der Waals surface area contributed by atoms with Gasteiger partial charge in [0.2, 0.25) is 11.8 Å². The number of phenols is 1. The summed E-state index contributed by atoms with van der Waals surface area (Å²) in [4.78, 5) is 48.5. The smallest absolute Gasteiger partial charge is 0.339 e. The number of hydrogen-bond acceptors (Lipinski definition) is 9. The molecule has 0 aliphatic carbocycles. The number of nitrogens with one attached hydrogen (secondary N) is 2. The number of fused-ring (bicyclic) bond motifs is 1. The minimum absolute atomic E-state index is 0.0344. The first-order valence-electron chi connectivity index (χ1n) is 8.77. The first-order valence-corrected chi connectivity index (χ1v) is 10.6. The minimum Gasteiger partial charge on any atom is -0.507 e. The standard InChI is InChI=1S/C18H22N2O8S2/c1-8-13(27-2)3-12(21)9-6-30-7-11(17(24)25)20-16(23)10(19-14(22)5-29)4-28-18(26)15(8)9/h3,10-11,21,29H,4-7H2,1-2H3,(H,19,22)(H,20,23)(H,24,25)/t10-,11-/m0/s1. The van der Waals surface area contributed by atoms with E-state index in [4.69, 9.17) is 9.47 Å². The number of cyclic esters (lactones) is 1. The number of amides is 2. The number of esters is 1. The Labute approximate surface area is 182 Å². The summed E-state index contributed by atoms with van der Waals surface area (Å²) < 4.78 is 10.4. The summed E-state index contributed by atoms with van der Waals surface area (Å²) in [5.41, 5.74) is 0.741. The van der Waals surface area contributed by atoms with E-state index >= 15 is 0 Å². The Hall–Kier alpha value is -2.60. The van der Waals surface area contributed by atoms with E-state index in [9.17, 15) is 29.4 Å². The number of rotatable bonds is 4. The number of ether oxygens (including phenoxy) is 2. The first kappa shape index (κ1) is 23.7. The molecule has 1 heterocycles. The Morgan fingerprint density at radius 3 is 2.73 bits per heavy atom. The number of carboxylic acid groups (broad SMARTS) is 1. The van der Waals surface area contributed by atoms with Gasteiger partial charge in [0.05, 0.1) is 18.4 Å². The van der Waals surface area contributed by atoms with Crippen LogP contribution >= 0.6 is 24.4 Å². The highest BCUT2D eigenvalue weighted by molar-refractivity contribution is 7.98. The fraction of sp³-hybridized carbons (Fsp3) is 0.444. The monoisotopic (exact) mass is 458 g/mol. The number of thiol groups is 1. The van der Waals surface area contributed by atoms with Crippen molar-refractivity contribution < 1.29 is 38.9 Å². The highest BCUT2D eigenvalue weighted by Crippen LogP contribution is 2.35. The second kappa shape index (κ2) is 10.4. The summed E-state index contributed by atoms with van der Waals surface area (Å²) in [6.07, 6.45) is 0. The van der Waals surface area contributed by atoms with Crippen molar-refractivity contribution in [3.8, 4) is 11.5 Å². The van der Waals surface area contributed by atoms with E-state index in [0.717, 1.165) is 11.8 Å². The molecule has 2 amide bonds. The van der Waals surface area contributed by atoms with Crippen LogP contribution < -0.4 is 15.4 Å². The summed E-state index contributed by atoms with van der Waals surface area (Å²) in [6, 6.07) is -1.21. The van der Waals surface area contributed by atoms with Crippen LogP contribution in [0.1, 0.15) is 21.5 Å². The molecule has 0 saturated carbocycles. The Morgan fingerprint density at radius 2 is 2.13 bits per heavy atom. The van der Waals surface area contributed by atoms with Gasteiger partial charge in [-0.3, -0.25) is 9.59 Å². The summed E-state index contributed by atoms with van der Waals surface area (Å²) in [5.74, 6) is -3.58. The highest BCUT2D eigenvalue weighted by Gasteiger charge is 2.30. The van der Waals surface area contributed by atoms with Crippen molar-refractivity contribution in [3.63, 3.8) is 0 Å². The molecule has 0 bridgehead atoms. The average molecular weight is 459 g/mol. The summed E-state index contributed by atoms with van der Waals surface area (Å²) in [7, 11) is 1.38. The molecular formula is C18H22N2O8S2. The number of phenolic OH excluding ortho intramolecular Hbond substituents is 1. The quantitative estimate of drug-likeness (QED) is 0.312. The van der Waals surface area contributed by atoms with Crippen LogP contribution in [0.5, 0.6) is 11.5 Å². The molecule has 0 spiro atoms. The van der Waals surface area contributed by atoms with E-state index in [1.165, 1.54) is 13.2 Å². The fourth-order valence-corrected chi connectivity index (χ4v) is 3.98. The molecule has 2 rings (SSSR count). The summed E-state index contributed by atoms with van der Waals surface area (Å²) >= 11 is 4.93. The van der Waals surface area contributed by atoms with Gasteiger partial charge < -0.3 is 30.3 Å². The van der Waals surface area contributed by atoms with Crippen molar-refractivity contribution in [3.05, 3.63) is 22.8 Å². The Balaban J connectivity index is 2.47. The van der Waals surface area contributed by atoms with Crippen molar-refractivity contribution in [2.45, 2.75) is 24.8 Å². The zero-order chi connectivity index (χ0) is 22.4. The number of carbonyl (C=O) groups excluding carboxylic acids is 3. The number of aliphatic carboxylic acids is 1. The zero-order valence-corrected chi connectivity index (χ0v) is 18.0. The molecule has 0 unspecified atom stereocenters. The van der Waals surface area contributed by atoms with Crippen LogP contribution in [0.4, 0.5) is 0 Å². The van der Waals surface area contributed by atoms with Crippen LogP contribution in [-0.4, -0.2) is 71.3 Å². The van der Waals surface area contributed by atoms with Crippen LogP contribution in [0.15, 0.2) is 6.07 Å². The van der Waals surface area contributed by atoms with Gasteiger partial charge in [0.25, 0.3) is 0 Å². The average Bonchev–Trinajstić information content (AvgIpc) is 2.70. The van der Waals surface area contributed by atoms with E-state index in [2.05, 4.69) is 23.3 Å². The van der Waals surface area contributed by atoms with Crippen LogP contribution in [0.2, 0.25) is 0 Å². The van der Waals surface area contributed by atoms with Gasteiger partial charge in [-0.25, -0.2) is 9.59 Å². The molecule has 0 aromatic heterocycles. The summed E-state index contributed by atoms with van der Waals surface area (Å²) in [5, 5.41) is 24.5. The number of aromatic hydroxyl groups is 1. The molecule has 164 valence electrons. The lowest BCUT2D eigenvalue weighted by Gasteiger charge is -2.23. The highest BCUT2D eigenvalue weighted by atomic mass is 32.2. The van der Waals surface area contributed by atoms with Gasteiger partial charge in [-0.2, -0.15) is 24.4 Å². The third-order valence-electron chi connectivity index (χ3n) is 4.37. The number of benzene rings is 1. The van der Waals surface area contributed by atoms with Gasteiger partial charge in [-0.05, 0) is 6.92 Å². The van der Waals surface area contributed by atoms with E-state index in [0.29, 0.717) is 5.56 Å². The van der Waals surface area contributed by atoms with Gasteiger partial charge in [-0.1, -0.05) is 0 Å². The van der Waals surface area contributed by atoms with Crippen molar-refractivity contribution in [2.24, 2.45) is 0 Å². The molecule has 0 radical (unpaired) electrons. The molecule has 1 aromatic rings. The Bertz CT molecular complexity index is 861. The number of hydrogen-bond donors (Lipinski definition) is 5. The molecule has 10 nitrogen and oxygen atoms in total. The van der Waals surface area contributed by atoms with Gasteiger partial charge in [0.15, 0.2) is 0 Å². The number of carbonyl (C=O) groups is 4. The molecule has 2 atom stereocenters. The van der Waals surface area contributed by atoms with Crippen molar-refractivity contribution in [1.29, 1.82) is 0 Å². The largest absolute Gasteiger partial charge is 0.507 e. The van der Waals surface area contributed by atoms with Crippen LogP contribution in [0.25, 0.3) is 0 Å². The maximum atomic E-state index is 12.8. The van der Waals surface area contributed by atoms with Gasteiger partial charge in [0.1, 0.15) is 30.2 Å². The van der Waals surface area contributed by atoms with Crippen molar-refractivity contribution in [1.82, 2.24) is 10.6 Å². The predicted octanol–water partition coefficient (Wildman–Crippen LogP) is 0.0968. The number of thioether (sulfide) groups is 1. The summed E-state index contributed by atoms with van der Waals surface area (Å²) in [6.45, 7) is 1.07. The van der Waals surface area contributed by atoms with Gasteiger partial charge in [-0.15, -0.1) is 0 Å². The molecule has 12 heteroatoms. The fourth-order valence-electron chi connectivity index (χ4n) is 2.81. The predicted molar refractivity (Wildman–Crippen MR) is 111 cm³/mol. The number of carboxylic acids is 1. The molecular weight excluding hydrogens is 436 g/mol. The third kappa shape index (κ3) is 5.51. The van der Waals surface area contributed by atoms with Crippen LogP contribution in [0.3, 0.4) is 0 Å². The molecule has 4 N–H and O–H groups in total. The van der Waals surface area contributed by atoms with Crippen LogP contribution in [-0.2, 0) is 24.9 Å². The van der Waals surface area contributed by atoms with E-state index in [1.807, 2.05) is 0 Å². The molecule has 30 heavy (non-hydrogen) atoms. The van der Waals surface area contributed by atoms with Crippen molar-refractivity contribution >= 4 is 48.1 Å². The van der Waals surface area contributed by atoms with Crippen molar-refractivity contribution in [2.75, 3.05) is 25.2 Å². The topological polar surface area (TPSA) is 151 Å². The maximum Gasteiger partial charge on any atom is 0.339 e. The second-order valence-electron chi connectivity index (χ2n) is 6.37. The van der Waals surface area contributed by atoms with E-state index in [1.54, 1.807) is 6.92 Å². The molecule has 0 saturated heterocycles. The third-order valence-corrected chi connectivity index (χ3v) is 5.72. The lowest BCUT2D eigenvalue weighted by Crippen LogP contribution is -2.54. The lowest BCUT2D eigenvalue weighted by atomic mass is 10.0. The van der Waals surface area contributed by atoms with E-state index < -0.39 is 42.4 Å². The van der Waals surface area contributed by atoms with E-state index in [-0.39, 0.29) is 39.9 Å². The first-order chi connectivity index (χ1) is 14.2. The van der Waals surface area contributed by atoms with Gasteiger partial charge >= 0.3 is 11.9 Å². The molecule has 1 aliphatic rings. The van der Waals surface area contributed by atoms with Gasteiger partial charge in [0, 0.05) is 28.7 Å². The Morgan fingerprint density at radius 1 is 1.43 bits per heavy atom. The Kier molecular flexibility index (Phi) is 8.24. The molecule has 1 aromatic carbocycles. The van der Waals surface area contributed by atoms with Crippen LogP contribution in [0, 0.1) is 6.92 Å². The SMILES string of the molecule is COc1cc(O)c2c(c1C)C(=O)OC[C@H](NC(=O)CS)C(=O)N[C@H](C(=O)O)CSC2. The molecule has 0 fully saturated rings. The maximum absolute atomic E-state index is 12.8. The minimum atomic E-state index is -1.32. The zero-order valence-electron chi connectivity index (χ0n) is 16.3.